The van der Waals surface area contributed by atoms with Crippen LogP contribution in [0.25, 0.3) is 0 Å². The van der Waals surface area contributed by atoms with E-state index in [9.17, 15) is 18.4 Å². The van der Waals surface area contributed by atoms with Crippen LogP contribution in [-0.2, 0) is 14.3 Å². The van der Waals surface area contributed by atoms with Gasteiger partial charge in [-0.05, 0) is 36.8 Å². The van der Waals surface area contributed by atoms with Crippen LogP contribution in [0, 0.1) is 17.6 Å². The Hall–Kier alpha value is -3.72. The molecule has 2 aromatic carbocycles. The minimum absolute atomic E-state index is 0.0534. The van der Waals surface area contributed by atoms with Crippen LogP contribution in [0.5, 0.6) is 5.75 Å². The number of amides is 1. The van der Waals surface area contributed by atoms with Gasteiger partial charge in [0.05, 0.1) is 12.3 Å². The molecule has 2 aromatic rings. The maximum Gasteiger partial charge on any atom is 0.412 e. The molecule has 0 heterocycles. The predicted octanol–water partition coefficient (Wildman–Crippen LogP) is 4.94. The number of nitrogens with one attached hydrogen (secondary N) is 1. The molecule has 0 aliphatic carbocycles. The van der Waals surface area contributed by atoms with Gasteiger partial charge in [0.2, 0.25) is 0 Å². The number of hydrogen-bond donors (Lipinski definition) is 2. The van der Waals surface area contributed by atoms with E-state index in [0.717, 1.165) is 12.1 Å². The number of carbonyl (C=O) groups is 2. The zero-order valence-corrected chi connectivity index (χ0v) is 18.9. The number of rotatable bonds is 11. The van der Waals surface area contributed by atoms with Crippen LogP contribution in [0.2, 0.25) is 0 Å². The summed E-state index contributed by atoms with van der Waals surface area (Å²) in [7, 11) is 0. The molecule has 2 rings (SSSR count). The first-order valence-electron chi connectivity index (χ1n) is 10.5. The Morgan fingerprint density at radius 1 is 1.18 bits per heavy atom. The maximum atomic E-state index is 13.9. The minimum Gasteiger partial charge on any atom is -0.491 e. The third-order valence-corrected chi connectivity index (χ3v) is 4.83. The van der Waals surface area contributed by atoms with Gasteiger partial charge in [-0.3, -0.25) is 5.32 Å². The summed E-state index contributed by atoms with van der Waals surface area (Å²) in [5.41, 5.74) is 0.900. The van der Waals surface area contributed by atoms with Crippen molar-refractivity contribution in [1.82, 2.24) is 0 Å². The molecule has 0 unspecified atom stereocenters. The summed E-state index contributed by atoms with van der Waals surface area (Å²) in [6.45, 7) is 6.95. The molecule has 0 spiro atoms. The molecule has 0 bridgehead atoms. The maximum absolute atomic E-state index is 13.9. The van der Waals surface area contributed by atoms with E-state index in [1.807, 2.05) is 0 Å². The Morgan fingerprint density at radius 3 is 2.50 bits per heavy atom. The fourth-order valence-corrected chi connectivity index (χ4v) is 2.96. The number of hydrogen-bond acceptors (Lipinski definition) is 6. The van der Waals surface area contributed by atoms with Crippen molar-refractivity contribution in [2.75, 3.05) is 25.1 Å². The summed E-state index contributed by atoms with van der Waals surface area (Å²) in [4.78, 5) is 24.5. The number of benzene rings is 2. The molecule has 182 valence electrons. The molecule has 0 radical (unpaired) electrons. The van der Waals surface area contributed by atoms with Crippen molar-refractivity contribution in [1.29, 1.82) is 0 Å². The second-order valence-corrected chi connectivity index (χ2v) is 7.31. The van der Waals surface area contributed by atoms with E-state index in [0.29, 0.717) is 23.0 Å². The van der Waals surface area contributed by atoms with Crippen LogP contribution in [0.1, 0.15) is 25.5 Å². The lowest BCUT2D eigenvalue weighted by Gasteiger charge is -2.25. The van der Waals surface area contributed by atoms with E-state index >= 15 is 0 Å². The summed E-state index contributed by atoms with van der Waals surface area (Å²) in [6.07, 6.45) is 0.889. The molecular weight excluding hydrogens is 448 g/mol. The first-order chi connectivity index (χ1) is 16.2. The fraction of sp³-hybridized carbons (Fsp3) is 0.280. The Morgan fingerprint density at radius 2 is 1.88 bits per heavy atom. The molecule has 0 aliphatic heterocycles. The standard InChI is InChI=1S/C25H27F2NO6/c1-4-12-33-23(30)14-16(2)17(3)24(18-5-8-20(9-6-18)32-13-11-29)34-25(31)28-22-10-7-19(26)15-21(22)27/h4-10,14-15,17,24,29H,1,11-13H2,2-3H3,(H,28,31)/b16-14+/t17-,24-/m0/s1. The van der Waals surface area contributed by atoms with Crippen LogP contribution in [-0.4, -0.2) is 37.0 Å². The number of aliphatic hydroxyl groups excluding tert-OH is 1. The van der Waals surface area contributed by atoms with E-state index in [2.05, 4.69) is 11.9 Å². The van der Waals surface area contributed by atoms with Crippen molar-refractivity contribution in [2.45, 2.75) is 20.0 Å². The zero-order chi connectivity index (χ0) is 25.1. The summed E-state index contributed by atoms with van der Waals surface area (Å²) in [6, 6.07) is 9.35. The molecule has 34 heavy (non-hydrogen) atoms. The number of anilines is 1. The van der Waals surface area contributed by atoms with Crippen LogP contribution < -0.4 is 10.1 Å². The normalized spacial score (nSPS) is 12.9. The number of aliphatic hydroxyl groups is 1. The lowest BCUT2D eigenvalue weighted by atomic mass is 9.91. The highest BCUT2D eigenvalue weighted by Gasteiger charge is 2.26. The van der Waals surface area contributed by atoms with Crippen LogP contribution in [0.4, 0.5) is 19.3 Å². The summed E-state index contributed by atoms with van der Waals surface area (Å²) >= 11 is 0. The largest absolute Gasteiger partial charge is 0.491 e. The molecule has 0 aromatic heterocycles. The van der Waals surface area contributed by atoms with Gasteiger partial charge in [-0.15, -0.1) is 0 Å². The first kappa shape index (κ1) is 26.5. The molecule has 9 heteroatoms. The summed E-state index contributed by atoms with van der Waals surface area (Å²) in [5, 5.41) is 11.2. The third-order valence-electron chi connectivity index (χ3n) is 4.83. The van der Waals surface area contributed by atoms with Crippen molar-refractivity contribution in [3.8, 4) is 5.75 Å². The predicted molar refractivity (Wildman–Crippen MR) is 122 cm³/mol. The number of esters is 1. The quantitative estimate of drug-likeness (QED) is 0.272. The molecule has 2 atom stereocenters. The third kappa shape index (κ3) is 8.00. The Labute approximate surface area is 196 Å². The van der Waals surface area contributed by atoms with Crippen molar-refractivity contribution < 1.29 is 37.7 Å². The van der Waals surface area contributed by atoms with E-state index in [1.165, 1.54) is 12.2 Å². The van der Waals surface area contributed by atoms with Gasteiger partial charge in [-0.25, -0.2) is 18.4 Å². The molecule has 0 saturated carbocycles. The second kappa shape index (κ2) is 13.1. The highest BCUT2D eigenvalue weighted by atomic mass is 19.1. The number of ether oxygens (including phenoxy) is 3. The average Bonchev–Trinajstić information content (AvgIpc) is 2.81. The van der Waals surface area contributed by atoms with Gasteiger partial charge in [0.1, 0.15) is 36.7 Å². The molecule has 7 nitrogen and oxygen atoms in total. The van der Waals surface area contributed by atoms with E-state index in [4.69, 9.17) is 19.3 Å². The SMILES string of the molecule is C=CCOC(=O)/C=C(\C)[C@H](C)[C@H](OC(=O)Nc1ccc(F)cc1F)c1ccc(OCCO)cc1. The van der Waals surface area contributed by atoms with Crippen molar-refractivity contribution in [2.24, 2.45) is 5.92 Å². The summed E-state index contributed by atoms with van der Waals surface area (Å²) in [5.74, 6) is -2.29. The van der Waals surface area contributed by atoms with E-state index in [1.54, 1.807) is 38.1 Å². The Bertz CT molecular complexity index is 1020. The molecule has 1 amide bonds. The summed E-state index contributed by atoms with van der Waals surface area (Å²) < 4.78 is 43.0. The monoisotopic (exact) mass is 475 g/mol. The topological polar surface area (TPSA) is 94.1 Å². The van der Waals surface area contributed by atoms with E-state index in [-0.39, 0.29) is 25.5 Å². The van der Waals surface area contributed by atoms with Gasteiger partial charge in [-0.2, -0.15) is 0 Å². The van der Waals surface area contributed by atoms with Crippen molar-refractivity contribution >= 4 is 17.7 Å². The molecule has 0 saturated heterocycles. The van der Waals surface area contributed by atoms with Crippen molar-refractivity contribution in [3.63, 3.8) is 0 Å². The highest BCUT2D eigenvalue weighted by molar-refractivity contribution is 5.85. The average molecular weight is 475 g/mol. The van der Waals surface area contributed by atoms with E-state index < -0.39 is 35.7 Å². The molecular formula is C25H27F2NO6. The lowest BCUT2D eigenvalue weighted by molar-refractivity contribution is -0.136. The molecule has 0 aliphatic rings. The van der Waals surface area contributed by atoms with Gasteiger partial charge < -0.3 is 19.3 Å². The van der Waals surface area contributed by atoms with Gasteiger partial charge >= 0.3 is 12.1 Å². The van der Waals surface area contributed by atoms with Crippen LogP contribution >= 0.6 is 0 Å². The van der Waals surface area contributed by atoms with Gasteiger partial charge in [-0.1, -0.05) is 37.3 Å². The minimum atomic E-state index is -0.968. The smallest absolute Gasteiger partial charge is 0.412 e. The van der Waals surface area contributed by atoms with Crippen LogP contribution in [0.3, 0.4) is 0 Å². The van der Waals surface area contributed by atoms with Gasteiger partial charge in [0, 0.05) is 18.1 Å². The van der Waals surface area contributed by atoms with Crippen LogP contribution in [0.15, 0.2) is 66.8 Å². The van der Waals surface area contributed by atoms with Gasteiger partial charge in [0.15, 0.2) is 0 Å². The van der Waals surface area contributed by atoms with Gasteiger partial charge in [0.25, 0.3) is 0 Å². The number of halogens is 2. The number of carbonyl (C=O) groups excluding carboxylic acids is 2. The first-order valence-corrected chi connectivity index (χ1v) is 10.5. The Balaban J connectivity index is 2.26. The highest BCUT2D eigenvalue weighted by Crippen LogP contribution is 2.33. The molecule has 0 fully saturated rings. The lowest BCUT2D eigenvalue weighted by Crippen LogP contribution is -2.23. The fourth-order valence-electron chi connectivity index (χ4n) is 2.96. The molecule has 2 N–H and O–H groups in total. The zero-order valence-electron chi connectivity index (χ0n) is 18.9. The van der Waals surface area contributed by atoms with Crippen molar-refractivity contribution in [3.05, 3.63) is 84.0 Å². The Kier molecular flexibility index (Phi) is 10.2. The second-order valence-electron chi connectivity index (χ2n) is 7.31.